The van der Waals surface area contributed by atoms with Crippen LogP contribution in [0.4, 0.5) is 0 Å². The third kappa shape index (κ3) is 6.03. The van der Waals surface area contributed by atoms with Gasteiger partial charge in [0.15, 0.2) is 11.5 Å². The molecule has 122 valence electrons. The highest BCUT2D eigenvalue weighted by Gasteiger charge is 2.10. The van der Waals surface area contributed by atoms with Gasteiger partial charge < -0.3 is 19.9 Å². The fraction of sp³-hybridized carbons (Fsp3) is 0.500. The second-order valence-electron chi connectivity index (χ2n) is 4.76. The van der Waals surface area contributed by atoms with Crippen molar-refractivity contribution in [1.29, 1.82) is 0 Å². The maximum absolute atomic E-state index is 12.0. The van der Waals surface area contributed by atoms with Crippen LogP contribution in [0.5, 0.6) is 11.5 Å². The van der Waals surface area contributed by atoms with Crippen molar-refractivity contribution in [1.82, 2.24) is 5.32 Å². The summed E-state index contributed by atoms with van der Waals surface area (Å²) in [6.07, 6.45) is 2.33. The van der Waals surface area contributed by atoms with Gasteiger partial charge >= 0.3 is 5.97 Å². The lowest BCUT2D eigenvalue weighted by Gasteiger charge is -2.11. The SMILES string of the molecule is CCOc1ccc(C(=O)NCCCCCC(=O)O)cc1OC. The number of carboxylic acids is 1. The maximum atomic E-state index is 12.0. The topological polar surface area (TPSA) is 84.9 Å². The Labute approximate surface area is 130 Å². The van der Waals surface area contributed by atoms with Gasteiger partial charge in [0.1, 0.15) is 0 Å². The van der Waals surface area contributed by atoms with E-state index in [4.69, 9.17) is 14.6 Å². The van der Waals surface area contributed by atoms with E-state index in [0.717, 1.165) is 12.8 Å². The Hall–Kier alpha value is -2.24. The van der Waals surface area contributed by atoms with Crippen LogP contribution < -0.4 is 14.8 Å². The van der Waals surface area contributed by atoms with Crippen LogP contribution >= 0.6 is 0 Å². The summed E-state index contributed by atoms with van der Waals surface area (Å²) in [6, 6.07) is 5.04. The highest BCUT2D eigenvalue weighted by molar-refractivity contribution is 5.94. The number of unbranched alkanes of at least 4 members (excludes halogenated alkanes) is 2. The molecule has 0 aliphatic carbocycles. The van der Waals surface area contributed by atoms with Crippen molar-refractivity contribution in [3.8, 4) is 11.5 Å². The molecule has 2 N–H and O–H groups in total. The zero-order chi connectivity index (χ0) is 16.4. The van der Waals surface area contributed by atoms with E-state index < -0.39 is 5.97 Å². The first-order chi connectivity index (χ1) is 10.6. The highest BCUT2D eigenvalue weighted by Crippen LogP contribution is 2.27. The van der Waals surface area contributed by atoms with Gasteiger partial charge in [0.05, 0.1) is 13.7 Å². The van der Waals surface area contributed by atoms with Crippen molar-refractivity contribution >= 4 is 11.9 Å². The summed E-state index contributed by atoms with van der Waals surface area (Å²) >= 11 is 0. The lowest BCUT2D eigenvalue weighted by molar-refractivity contribution is -0.137. The quantitative estimate of drug-likeness (QED) is 0.649. The lowest BCUT2D eigenvalue weighted by Crippen LogP contribution is -2.24. The Morgan fingerprint density at radius 2 is 1.95 bits per heavy atom. The number of carboxylic acid groups (broad SMARTS) is 1. The molecule has 0 spiro atoms. The summed E-state index contributed by atoms with van der Waals surface area (Å²) in [4.78, 5) is 22.4. The molecule has 0 aliphatic heterocycles. The fourth-order valence-corrected chi connectivity index (χ4v) is 1.97. The van der Waals surface area contributed by atoms with Crippen LogP contribution in [0.1, 0.15) is 43.0 Å². The van der Waals surface area contributed by atoms with E-state index >= 15 is 0 Å². The van der Waals surface area contributed by atoms with E-state index in [1.165, 1.54) is 7.11 Å². The Kier molecular flexibility index (Phi) is 7.81. The fourth-order valence-electron chi connectivity index (χ4n) is 1.97. The van der Waals surface area contributed by atoms with Gasteiger partial charge in [-0.05, 0) is 38.0 Å². The van der Waals surface area contributed by atoms with E-state index in [9.17, 15) is 9.59 Å². The second kappa shape index (κ2) is 9.65. The molecule has 0 saturated carbocycles. The van der Waals surface area contributed by atoms with Gasteiger partial charge in [0.2, 0.25) is 0 Å². The molecule has 0 aliphatic rings. The van der Waals surface area contributed by atoms with Gasteiger partial charge in [0, 0.05) is 18.5 Å². The molecule has 1 aromatic carbocycles. The van der Waals surface area contributed by atoms with Crippen LogP contribution in [0.2, 0.25) is 0 Å². The number of benzene rings is 1. The molecule has 0 heterocycles. The van der Waals surface area contributed by atoms with Gasteiger partial charge in [-0.3, -0.25) is 9.59 Å². The summed E-state index contributed by atoms with van der Waals surface area (Å²) in [5, 5.41) is 11.3. The molecule has 0 atom stereocenters. The summed E-state index contributed by atoms with van der Waals surface area (Å²) in [6.45, 7) is 2.93. The van der Waals surface area contributed by atoms with E-state index in [0.29, 0.717) is 36.6 Å². The van der Waals surface area contributed by atoms with Gasteiger partial charge in [-0.1, -0.05) is 6.42 Å². The van der Waals surface area contributed by atoms with Crippen LogP contribution in [0.25, 0.3) is 0 Å². The number of ether oxygens (including phenoxy) is 2. The average molecular weight is 309 g/mol. The van der Waals surface area contributed by atoms with Crippen molar-refractivity contribution in [2.45, 2.75) is 32.6 Å². The van der Waals surface area contributed by atoms with Gasteiger partial charge in [-0.15, -0.1) is 0 Å². The van der Waals surface area contributed by atoms with Crippen LogP contribution in [-0.4, -0.2) is 37.2 Å². The predicted octanol–water partition coefficient (Wildman–Crippen LogP) is 2.47. The lowest BCUT2D eigenvalue weighted by atomic mass is 10.1. The minimum Gasteiger partial charge on any atom is -0.493 e. The first kappa shape index (κ1) is 17.8. The molecule has 0 aromatic heterocycles. The molecule has 0 bridgehead atoms. The maximum Gasteiger partial charge on any atom is 0.303 e. The van der Waals surface area contributed by atoms with E-state index in [1.54, 1.807) is 18.2 Å². The zero-order valence-electron chi connectivity index (χ0n) is 13.1. The molecular weight excluding hydrogens is 286 g/mol. The molecule has 0 unspecified atom stereocenters. The molecule has 1 rings (SSSR count). The number of methoxy groups -OCH3 is 1. The molecule has 0 saturated heterocycles. The molecule has 0 radical (unpaired) electrons. The number of aliphatic carboxylic acids is 1. The zero-order valence-corrected chi connectivity index (χ0v) is 13.1. The number of rotatable bonds is 10. The Morgan fingerprint density at radius 3 is 2.59 bits per heavy atom. The standard InChI is InChI=1S/C16H23NO5/c1-3-22-13-9-8-12(11-14(13)21-2)16(20)17-10-6-4-5-7-15(18)19/h8-9,11H,3-7,10H2,1-2H3,(H,17,20)(H,18,19). The number of hydrogen-bond donors (Lipinski definition) is 2. The predicted molar refractivity (Wildman–Crippen MR) is 82.6 cm³/mol. The normalized spacial score (nSPS) is 10.1. The highest BCUT2D eigenvalue weighted by atomic mass is 16.5. The van der Waals surface area contributed by atoms with Crippen LogP contribution in [0.3, 0.4) is 0 Å². The molecule has 1 aromatic rings. The molecule has 6 heteroatoms. The van der Waals surface area contributed by atoms with E-state index in [2.05, 4.69) is 5.32 Å². The third-order valence-electron chi connectivity index (χ3n) is 3.08. The molecule has 1 amide bonds. The van der Waals surface area contributed by atoms with Crippen LogP contribution in [-0.2, 0) is 4.79 Å². The van der Waals surface area contributed by atoms with Crippen molar-refractivity contribution < 1.29 is 24.2 Å². The van der Waals surface area contributed by atoms with Crippen molar-refractivity contribution in [3.05, 3.63) is 23.8 Å². The number of nitrogens with one attached hydrogen (secondary N) is 1. The molecule has 0 fully saturated rings. The monoisotopic (exact) mass is 309 g/mol. The Morgan fingerprint density at radius 1 is 1.18 bits per heavy atom. The van der Waals surface area contributed by atoms with Crippen LogP contribution in [0.15, 0.2) is 18.2 Å². The summed E-state index contributed by atoms with van der Waals surface area (Å²) in [5.41, 5.74) is 0.505. The van der Waals surface area contributed by atoms with Crippen molar-refractivity contribution in [2.24, 2.45) is 0 Å². The van der Waals surface area contributed by atoms with Gasteiger partial charge in [0.25, 0.3) is 5.91 Å². The summed E-state index contributed by atoms with van der Waals surface area (Å²) < 4.78 is 10.6. The van der Waals surface area contributed by atoms with Gasteiger partial charge in [-0.25, -0.2) is 0 Å². The summed E-state index contributed by atoms with van der Waals surface area (Å²) in [5.74, 6) is 0.163. The minimum absolute atomic E-state index is 0.171. The molecular formula is C16H23NO5. The first-order valence-corrected chi connectivity index (χ1v) is 7.39. The van der Waals surface area contributed by atoms with Crippen molar-refractivity contribution in [2.75, 3.05) is 20.3 Å². The number of carbonyl (C=O) groups is 2. The van der Waals surface area contributed by atoms with Crippen LogP contribution in [0, 0.1) is 0 Å². The third-order valence-corrected chi connectivity index (χ3v) is 3.08. The van der Waals surface area contributed by atoms with E-state index in [1.807, 2.05) is 6.92 Å². The summed E-state index contributed by atoms with van der Waals surface area (Å²) in [7, 11) is 1.53. The molecule has 6 nitrogen and oxygen atoms in total. The number of carbonyl (C=O) groups excluding carboxylic acids is 1. The van der Waals surface area contributed by atoms with Crippen molar-refractivity contribution in [3.63, 3.8) is 0 Å². The second-order valence-corrected chi connectivity index (χ2v) is 4.76. The molecule has 22 heavy (non-hydrogen) atoms. The van der Waals surface area contributed by atoms with E-state index in [-0.39, 0.29) is 12.3 Å². The average Bonchev–Trinajstić information content (AvgIpc) is 2.50. The Balaban J connectivity index is 2.43. The number of hydrogen-bond acceptors (Lipinski definition) is 4. The largest absolute Gasteiger partial charge is 0.493 e. The smallest absolute Gasteiger partial charge is 0.303 e. The Bertz CT molecular complexity index is 501. The first-order valence-electron chi connectivity index (χ1n) is 7.39. The minimum atomic E-state index is -0.787. The number of amides is 1. The van der Waals surface area contributed by atoms with Gasteiger partial charge in [-0.2, -0.15) is 0 Å².